The summed E-state index contributed by atoms with van der Waals surface area (Å²) in [6.07, 6.45) is -0.554. The number of aliphatic hydroxyl groups excluding tert-OH is 1. The highest BCUT2D eigenvalue weighted by Gasteiger charge is 2.38. The average molecular weight is 396 g/mol. The topological polar surface area (TPSA) is 78.9 Å². The molecular weight excluding hydrogens is 368 g/mol. The number of para-hydroxylation sites is 1. The minimum Gasteiger partial charge on any atom is -0.491 e. The van der Waals surface area contributed by atoms with E-state index in [2.05, 4.69) is 26.1 Å². The Labute approximate surface area is 171 Å². The summed E-state index contributed by atoms with van der Waals surface area (Å²) in [5, 5.41) is 13.1. The number of hydrogen-bond donors (Lipinski definition) is 2. The van der Waals surface area contributed by atoms with Crippen molar-refractivity contribution in [2.75, 3.05) is 13.2 Å². The standard InChI is InChI=1S/C23H28N2O4/c1-23(2,3)18-11-7-8-12-20(18)29-15-17(26)14-25-21(27)19(24-22(25)28)13-16-9-5-4-6-10-16/h4-12,17,19,26H,13-15H2,1-3H3,(H,24,28)/t17-,19+/m0/s1. The zero-order valence-electron chi connectivity index (χ0n) is 17.1. The lowest BCUT2D eigenvalue weighted by Gasteiger charge is -2.24. The number of carbonyl (C=O) groups excluding carboxylic acids is 2. The summed E-state index contributed by atoms with van der Waals surface area (Å²) in [4.78, 5) is 25.9. The lowest BCUT2D eigenvalue weighted by molar-refractivity contribution is -0.128. The van der Waals surface area contributed by atoms with Crippen molar-refractivity contribution >= 4 is 11.9 Å². The van der Waals surface area contributed by atoms with E-state index in [1.54, 1.807) is 0 Å². The molecule has 0 bridgehead atoms. The number of hydrogen-bond acceptors (Lipinski definition) is 4. The molecule has 29 heavy (non-hydrogen) atoms. The fraction of sp³-hybridized carbons (Fsp3) is 0.391. The van der Waals surface area contributed by atoms with Gasteiger partial charge in [0.1, 0.15) is 24.5 Å². The Bertz CT molecular complexity index is 861. The van der Waals surface area contributed by atoms with Crippen LogP contribution in [0, 0.1) is 0 Å². The van der Waals surface area contributed by atoms with Gasteiger partial charge < -0.3 is 15.2 Å². The predicted octanol–water partition coefficient (Wildman–Crippen LogP) is 2.89. The summed E-state index contributed by atoms with van der Waals surface area (Å²) in [6, 6.07) is 16.1. The molecule has 3 rings (SSSR count). The van der Waals surface area contributed by atoms with Crippen LogP contribution in [0.4, 0.5) is 4.79 Å². The molecule has 1 fully saturated rings. The first-order valence-corrected chi connectivity index (χ1v) is 9.82. The number of carbonyl (C=O) groups is 2. The first-order chi connectivity index (χ1) is 13.8. The van der Waals surface area contributed by atoms with Crippen LogP contribution < -0.4 is 10.1 Å². The van der Waals surface area contributed by atoms with E-state index in [1.807, 2.05) is 54.6 Å². The molecule has 0 saturated carbocycles. The van der Waals surface area contributed by atoms with Crippen molar-refractivity contribution in [1.82, 2.24) is 10.2 Å². The Morgan fingerprint density at radius 3 is 2.41 bits per heavy atom. The molecule has 2 aromatic rings. The molecule has 2 atom stereocenters. The highest BCUT2D eigenvalue weighted by molar-refractivity contribution is 6.04. The summed E-state index contributed by atoms with van der Waals surface area (Å²) in [5.74, 6) is 0.367. The highest BCUT2D eigenvalue weighted by atomic mass is 16.5. The first-order valence-electron chi connectivity index (χ1n) is 9.82. The van der Waals surface area contributed by atoms with E-state index in [4.69, 9.17) is 4.74 Å². The van der Waals surface area contributed by atoms with Crippen molar-refractivity contribution in [3.8, 4) is 5.75 Å². The van der Waals surface area contributed by atoms with E-state index >= 15 is 0 Å². The molecule has 6 nitrogen and oxygen atoms in total. The first kappa shape index (κ1) is 20.9. The van der Waals surface area contributed by atoms with Crippen LogP contribution in [0.3, 0.4) is 0 Å². The molecule has 0 spiro atoms. The zero-order chi connectivity index (χ0) is 21.0. The molecule has 0 unspecified atom stereocenters. The Kier molecular flexibility index (Phi) is 6.23. The van der Waals surface area contributed by atoms with Crippen molar-refractivity contribution in [2.24, 2.45) is 0 Å². The van der Waals surface area contributed by atoms with Crippen LogP contribution in [0.5, 0.6) is 5.75 Å². The molecule has 0 aliphatic carbocycles. The van der Waals surface area contributed by atoms with Gasteiger partial charge in [0.15, 0.2) is 0 Å². The van der Waals surface area contributed by atoms with E-state index in [0.29, 0.717) is 12.2 Å². The largest absolute Gasteiger partial charge is 0.491 e. The van der Waals surface area contributed by atoms with Crippen LogP contribution in [-0.4, -0.2) is 47.2 Å². The van der Waals surface area contributed by atoms with E-state index in [0.717, 1.165) is 16.0 Å². The maximum Gasteiger partial charge on any atom is 0.324 e. The molecule has 0 aromatic heterocycles. The zero-order valence-corrected chi connectivity index (χ0v) is 17.1. The van der Waals surface area contributed by atoms with E-state index in [-0.39, 0.29) is 24.5 Å². The quantitative estimate of drug-likeness (QED) is 0.706. The molecule has 2 aromatic carbocycles. The van der Waals surface area contributed by atoms with E-state index < -0.39 is 18.2 Å². The summed E-state index contributed by atoms with van der Waals surface area (Å²) in [7, 11) is 0. The molecule has 0 radical (unpaired) electrons. The normalized spacial score (nSPS) is 17.9. The number of amides is 3. The number of aliphatic hydroxyl groups is 1. The molecule has 1 heterocycles. The molecular formula is C23H28N2O4. The number of nitrogens with one attached hydrogen (secondary N) is 1. The van der Waals surface area contributed by atoms with Gasteiger partial charge in [-0.05, 0) is 22.6 Å². The summed E-state index contributed by atoms with van der Waals surface area (Å²) >= 11 is 0. The molecule has 3 amide bonds. The summed E-state index contributed by atoms with van der Waals surface area (Å²) in [6.45, 7) is 6.16. The van der Waals surface area contributed by atoms with Gasteiger partial charge in [0, 0.05) is 6.42 Å². The Morgan fingerprint density at radius 2 is 1.72 bits per heavy atom. The Hall–Kier alpha value is -2.86. The lowest BCUT2D eigenvalue weighted by atomic mass is 9.86. The molecule has 154 valence electrons. The molecule has 1 saturated heterocycles. The van der Waals surface area contributed by atoms with Gasteiger partial charge in [-0.3, -0.25) is 9.69 Å². The molecule has 1 aliphatic heterocycles. The second-order valence-electron chi connectivity index (χ2n) is 8.35. The van der Waals surface area contributed by atoms with E-state index in [1.165, 1.54) is 0 Å². The van der Waals surface area contributed by atoms with Crippen molar-refractivity contribution < 1.29 is 19.4 Å². The minimum atomic E-state index is -0.979. The van der Waals surface area contributed by atoms with Gasteiger partial charge in [0.25, 0.3) is 5.91 Å². The predicted molar refractivity (Wildman–Crippen MR) is 111 cm³/mol. The van der Waals surface area contributed by atoms with E-state index in [9.17, 15) is 14.7 Å². The van der Waals surface area contributed by atoms with Crippen LogP contribution in [0.1, 0.15) is 31.9 Å². The maximum atomic E-state index is 12.6. The Balaban J connectivity index is 1.58. The third-order valence-electron chi connectivity index (χ3n) is 4.91. The minimum absolute atomic E-state index is 0.00644. The van der Waals surface area contributed by atoms with Crippen LogP contribution in [0.15, 0.2) is 54.6 Å². The van der Waals surface area contributed by atoms with Crippen molar-refractivity contribution in [3.63, 3.8) is 0 Å². The van der Waals surface area contributed by atoms with Crippen LogP contribution >= 0.6 is 0 Å². The van der Waals surface area contributed by atoms with Gasteiger partial charge in [0.05, 0.1) is 6.54 Å². The second-order valence-corrected chi connectivity index (χ2v) is 8.35. The average Bonchev–Trinajstić information content (AvgIpc) is 2.94. The maximum absolute atomic E-state index is 12.6. The smallest absolute Gasteiger partial charge is 0.324 e. The fourth-order valence-corrected chi connectivity index (χ4v) is 3.40. The van der Waals surface area contributed by atoms with Gasteiger partial charge in [0.2, 0.25) is 0 Å². The van der Waals surface area contributed by atoms with Gasteiger partial charge >= 0.3 is 6.03 Å². The highest BCUT2D eigenvalue weighted by Crippen LogP contribution is 2.31. The van der Waals surface area contributed by atoms with Crippen LogP contribution in [-0.2, 0) is 16.6 Å². The van der Waals surface area contributed by atoms with Crippen molar-refractivity contribution in [3.05, 3.63) is 65.7 Å². The van der Waals surface area contributed by atoms with Gasteiger partial charge in [-0.1, -0.05) is 69.3 Å². The van der Waals surface area contributed by atoms with Crippen LogP contribution in [0.25, 0.3) is 0 Å². The van der Waals surface area contributed by atoms with Gasteiger partial charge in [-0.15, -0.1) is 0 Å². The third-order valence-corrected chi connectivity index (χ3v) is 4.91. The molecule has 1 aliphatic rings. The van der Waals surface area contributed by atoms with Crippen molar-refractivity contribution in [2.45, 2.75) is 44.8 Å². The van der Waals surface area contributed by atoms with Crippen LogP contribution in [0.2, 0.25) is 0 Å². The molecule has 2 N–H and O–H groups in total. The number of imide groups is 1. The number of urea groups is 1. The molecule has 6 heteroatoms. The number of ether oxygens (including phenoxy) is 1. The van der Waals surface area contributed by atoms with Crippen molar-refractivity contribution in [1.29, 1.82) is 0 Å². The van der Waals surface area contributed by atoms with Gasteiger partial charge in [-0.2, -0.15) is 0 Å². The summed E-state index contributed by atoms with van der Waals surface area (Å²) in [5.41, 5.74) is 1.90. The second kappa shape index (κ2) is 8.66. The number of rotatable bonds is 7. The Morgan fingerprint density at radius 1 is 1.07 bits per heavy atom. The fourth-order valence-electron chi connectivity index (χ4n) is 3.40. The summed E-state index contributed by atoms with van der Waals surface area (Å²) < 4.78 is 5.81. The monoisotopic (exact) mass is 396 g/mol. The lowest BCUT2D eigenvalue weighted by Crippen LogP contribution is -2.40. The number of nitrogens with zero attached hydrogens (tertiary/aromatic N) is 1. The number of β-amino-alcohol motifs (C(OH)–C–C–N with tert-alkyl or cyclic N) is 1. The number of benzene rings is 2. The van der Waals surface area contributed by atoms with Gasteiger partial charge in [-0.25, -0.2) is 4.79 Å². The SMILES string of the molecule is CC(C)(C)c1ccccc1OC[C@@H](O)CN1C(=O)N[C@H](Cc2ccccc2)C1=O. The third kappa shape index (κ3) is 5.15.